The highest BCUT2D eigenvalue weighted by Gasteiger charge is 2.37. The maximum atomic E-state index is 6.19. The third kappa shape index (κ3) is 4.03. The molecule has 3 heteroatoms. The quantitative estimate of drug-likeness (QED) is 0.748. The average Bonchev–Trinajstić information content (AvgIpc) is 3.16. The molecule has 1 N–H and O–H groups in total. The van der Waals surface area contributed by atoms with E-state index in [1.165, 1.54) is 43.5 Å². The molecule has 0 aromatic carbocycles. The molecule has 21 heavy (non-hydrogen) atoms. The Balaban J connectivity index is 1.72. The van der Waals surface area contributed by atoms with Gasteiger partial charge in [0.25, 0.3) is 0 Å². The fourth-order valence-electron chi connectivity index (χ4n) is 3.75. The van der Waals surface area contributed by atoms with E-state index in [0.29, 0.717) is 11.3 Å². The van der Waals surface area contributed by atoms with Crippen LogP contribution in [0, 0.1) is 17.3 Å². The summed E-state index contributed by atoms with van der Waals surface area (Å²) in [4.78, 5) is 1.51. The lowest BCUT2D eigenvalue weighted by Crippen LogP contribution is -2.36. The van der Waals surface area contributed by atoms with E-state index in [4.69, 9.17) is 11.6 Å². The largest absolute Gasteiger partial charge is 0.314 e. The first-order chi connectivity index (χ1) is 9.93. The maximum absolute atomic E-state index is 6.19. The molecule has 2 aliphatic carbocycles. The number of hydrogen-bond acceptors (Lipinski definition) is 2. The predicted molar refractivity (Wildman–Crippen MR) is 93.4 cm³/mol. The van der Waals surface area contributed by atoms with Crippen molar-refractivity contribution in [2.75, 3.05) is 6.54 Å². The Morgan fingerprint density at radius 2 is 1.95 bits per heavy atom. The zero-order valence-electron chi connectivity index (χ0n) is 13.5. The lowest BCUT2D eigenvalue weighted by atomic mass is 9.65. The minimum atomic E-state index is 0.425. The van der Waals surface area contributed by atoms with Crippen LogP contribution in [0.1, 0.15) is 63.7 Å². The average molecular weight is 326 g/mol. The van der Waals surface area contributed by atoms with Gasteiger partial charge in [-0.1, -0.05) is 32.4 Å². The molecule has 0 saturated heterocycles. The molecule has 3 atom stereocenters. The second-order valence-corrected chi connectivity index (χ2v) is 9.81. The van der Waals surface area contributed by atoms with Crippen LogP contribution in [0.5, 0.6) is 0 Å². The number of thiophene rings is 1. The Morgan fingerprint density at radius 3 is 2.52 bits per heavy atom. The maximum Gasteiger partial charge on any atom is 0.0931 e. The van der Waals surface area contributed by atoms with E-state index < -0.39 is 0 Å². The second kappa shape index (κ2) is 6.22. The van der Waals surface area contributed by atoms with E-state index in [9.17, 15) is 0 Å². The van der Waals surface area contributed by atoms with Crippen molar-refractivity contribution in [2.45, 2.75) is 64.8 Å². The third-order valence-electron chi connectivity index (χ3n) is 5.42. The van der Waals surface area contributed by atoms with Crippen LogP contribution in [0.3, 0.4) is 0 Å². The number of hydrogen-bond donors (Lipinski definition) is 1. The SMILES string of the molecule is CC(C)(C)C1CCC(CNC2CC2)C(c2ccc(Cl)s2)C1. The molecular formula is C18H28ClNS. The lowest BCUT2D eigenvalue weighted by molar-refractivity contribution is 0.130. The van der Waals surface area contributed by atoms with Gasteiger partial charge < -0.3 is 5.32 Å². The fourth-order valence-corrected chi connectivity index (χ4v) is 5.01. The molecule has 2 saturated carbocycles. The molecular weight excluding hydrogens is 298 g/mol. The van der Waals surface area contributed by atoms with Crippen LogP contribution in [0.15, 0.2) is 12.1 Å². The van der Waals surface area contributed by atoms with Crippen molar-refractivity contribution in [1.29, 1.82) is 0 Å². The summed E-state index contributed by atoms with van der Waals surface area (Å²) in [6.45, 7) is 8.40. The van der Waals surface area contributed by atoms with Crippen molar-refractivity contribution in [2.24, 2.45) is 17.3 Å². The molecule has 0 bridgehead atoms. The molecule has 0 aliphatic heterocycles. The van der Waals surface area contributed by atoms with E-state index in [2.05, 4.69) is 38.2 Å². The molecule has 118 valence electrons. The van der Waals surface area contributed by atoms with Gasteiger partial charge in [-0.3, -0.25) is 0 Å². The highest BCUT2D eigenvalue weighted by molar-refractivity contribution is 7.16. The van der Waals surface area contributed by atoms with Crippen molar-refractivity contribution in [3.8, 4) is 0 Å². The predicted octanol–water partition coefficient (Wildman–Crippen LogP) is 5.70. The molecule has 3 unspecified atom stereocenters. The molecule has 1 aromatic rings. The van der Waals surface area contributed by atoms with Crippen LogP contribution in [0.4, 0.5) is 0 Å². The van der Waals surface area contributed by atoms with Gasteiger partial charge in [-0.25, -0.2) is 0 Å². The zero-order chi connectivity index (χ0) is 15.0. The van der Waals surface area contributed by atoms with Crippen LogP contribution in [-0.4, -0.2) is 12.6 Å². The van der Waals surface area contributed by atoms with Gasteiger partial charge in [0.15, 0.2) is 0 Å². The van der Waals surface area contributed by atoms with Crippen molar-refractivity contribution in [1.82, 2.24) is 5.32 Å². The number of rotatable bonds is 4. The van der Waals surface area contributed by atoms with Crippen molar-refractivity contribution < 1.29 is 0 Å². The zero-order valence-corrected chi connectivity index (χ0v) is 15.1. The number of nitrogens with one attached hydrogen (secondary N) is 1. The standard InChI is InChI=1S/C18H28ClNS/c1-18(2,3)13-5-4-12(11-20-14-6-7-14)15(10-13)16-8-9-17(19)21-16/h8-9,12-15,20H,4-7,10-11H2,1-3H3. The van der Waals surface area contributed by atoms with Crippen molar-refractivity contribution in [3.63, 3.8) is 0 Å². The van der Waals surface area contributed by atoms with Crippen LogP contribution in [-0.2, 0) is 0 Å². The van der Waals surface area contributed by atoms with Gasteiger partial charge in [-0.15, -0.1) is 11.3 Å². The van der Waals surface area contributed by atoms with Crippen LogP contribution in [0.2, 0.25) is 4.34 Å². The monoisotopic (exact) mass is 325 g/mol. The van der Waals surface area contributed by atoms with E-state index in [1.54, 1.807) is 11.3 Å². The van der Waals surface area contributed by atoms with E-state index in [0.717, 1.165) is 22.2 Å². The normalized spacial score (nSPS) is 30.6. The smallest absolute Gasteiger partial charge is 0.0931 e. The summed E-state index contributed by atoms with van der Waals surface area (Å²) in [6, 6.07) is 5.17. The summed E-state index contributed by atoms with van der Waals surface area (Å²) >= 11 is 7.99. The van der Waals surface area contributed by atoms with Gasteiger partial charge in [0.1, 0.15) is 0 Å². The highest BCUT2D eigenvalue weighted by atomic mass is 35.5. The van der Waals surface area contributed by atoms with Crippen LogP contribution >= 0.6 is 22.9 Å². The highest BCUT2D eigenvalue weighted by Crippen LogP contribution is 2.48. The lowest BCUT2D eigenvalue weighted by Gasteiger charge is -2.42. The minimum absolute atomic E-state index is 0.425. The van der Waals surface area contributed by atoms with E-state index in [1.807, 2.05) is 0 Å². The summed E-state index contributed by atoms with van der Waals surface area (Å²) in [5.41, 5.74) is 0.425. The molecule has 0 spiro atoms. The van der Waals surface area contributed by atoms with Gasteiger partial charge in [0, 0.05) is 10.9 Å². The Bertz CT molecular complexity index is 472. The Kier molecular flexibility index (Phi) is 4.69. The summed E-state index contributed by atoms with van der Waals surface area (Å²) in [5, 5.41) is 3.76. The molecule has 1 heterocycles. The topological polar surface area (TPSA) is 12.0 Å². The molecule has 0 amide bonds. The van der Waals surface area contributed by atoms with Gasteiger partial charge in [0.05, 0.1) is 4.34 Å². The number of halogens is 1. The Labute approximate surface area is 138 Å². The summed E-state index contributed by atoms with van der Waals surface area (Å²) < 4.78 is 0.941. The Morgan fingerprint density at radius 1 is 1.19 bits per heavy atom. The first-order valence-electron chi connectivity index (χ1n) is 8.42. The summed E-state index contributed by atoms with van der Waals surface area (Å²) in [6.07, 6.45) is 6.84. The fraction of sp³-hybridized carbons (Fsp3) is 0.778. The minimum Gasteiger partial charge on any atom is -0.314 e. The van der Waals surface area contributed by atoms with Crippen molar-refractivity contribution >= 4 is 22.9 Å². The van der Waals surface area contributed by atoms with Gasteiger partial charge in [0.2, 0.25) is 0 Å². The molecule has 2 aliphatic rings. The molecule has 1 aromatic heterocycles. The first-order valence-corrected chi connectivity index (χ1v) is 9.61. The van der Waals surface area contributed by atoms with Crippen molar-refractivity contribution in [3.05, 3.63) is 21.3 Å². The Hall–Kier alpha value is -0.0500. The van der Waals surface area contributed by atoms with Gasteiger partial charge in [-0.2, -0.15) is 0 Å². The van der Waals surface area contributed by atoms with Crippen LogP contribution in [0.25, 0.3) is 0 Å². The summed E-state index contributed by atoms with van der Waals surface area (Å²) in [5.74, 6) is 2.33. The summed E-state index contributed by atoms with van der Waals surface area (Å²) in [7, 11) is 0. The first kappa shape index (κ1) is 15.8. The molecule has 1 nitrogen and oxygen atoms in total. The molecule has 3 rings (SSSR count). The van der Waals surface area contributed by atoms with Crippen LogP contribution < -0.4 is 5.32 Å². The van der Waals surface area contributed by atoms with Gasteiger partial charge in [-0.05, 0) is 74.0 Å². The third-order valence-corrected chi connectivity index (χ3v) is 6.79. The van der Waals surface area contributed by atoms with Gasteiger partial charge >= 0.3 is 0 Å². The molecule has 0 radical (unpaired) electrons. The van der Waals surface area contributed by atoms with E-state index >= 15 is 0 Å². The molecule has 2 fully saturated rings. The van der Waals surface area contributed by atoms with E-state index in [-0.39, 0.29) is 0 Å². The second-order valence-electron chi connectivity index (χ2n) is 8.07.